The summed E-state index contributed by atoms with van der Waals surface area (Å²) in [6.07, 6.45) is 4.03. The lowest BCUT2D eigenvalue weighted by Gasteiger charge is -2.33. The van der Waals surface area contributed by atoms with Crippen LogP contribution in [0.2, 0.25) is 0 Å². The third kappa shape index (κ3) is 5.39. The van der Waals surface area contributed by atoms with Crippen molar-refractivity contribution in [3.63, 3.8) is 0 Å². The summed E-state index contributed by atoms with van der Waals surface area (Å²) in [5.74, 6) is -2.20. The molecular formula is C25H30F3N7O3. The Morgan fingerprint density at radius 2 is 1.71 bits per heavy atom. The Morgan fingerprint density at radius 1 is 1.03 bits per heavy atom. The molecule has 2 aromatic heterocycles. The minimum atomic E-state index is -1.23. The molecule has 4 unspecified atom stereocenters. The molecule has 10 nitrogen and oxygen atoms in total. The van der Waals surface area contributed by atoms with Gasteiger partial charge in [0.2, 0.25) is 11.8 Å². The van der Waals surface area contributed by atoms with Crippen LogP contribution in [0.1, 0.15) is 50.1 Å². The largest absolute Gasteiger partial charge is 0.487 e. The molecule has 0 aliphatic carbocycles. The van der Waals surface area contributed by atoms with Crippen molar-refractivity contribution in [1.29, 1.82) is 0 Å². The normalized spacial score (nSPS) is 22.1. The Balaban J connectivity index is 1.15. The van der Waals surface area contributed by atoms with Crippen molar-refractivity contribution in [2.45, 2.75) is 50.9 Å². The Hall–Kier alpha value is -3.45. The predicted molar refractivity (Wildman–Crippen MR) is 131 cm³/mol. The van der Waals surface area contributed by atoms with Crippen molar-refractivity contribution in [1.82, 2.24) is 20.1 Å². The number of aliphatic hydroxyl groups is 1. The van der Waals surface area contributed by atoms with Crippen molar-refractivity contribution in [2.75, 3.05) is 36.0 Å². The zero-order chi connectivity index (χ0) is 27.0. The molecule has 0 amide bonds. The maximum Gasteiger partial charge on any atom is 0.324 e. The molecule has 3 aromatic rings. The van der Waals surface area contributed by atoms with Gasteiger partial charge in [-0.15, -0.1) is 0 Å². The Morgan fingerprint density at radius 3 is 2.37 bits per heavy atom. The third-order valence-corrected chi connectivity index (χ3v) is 7.30. The van der Waals surface area contributed by atoms with Crippen LogP contribution in [0.3, 0.4) is 0 Å². The first-order chi connectivity index (χ1) is 18.2. The maximum atomic E-state index is 14.3. The van der Waals surface area contributed by atoms with E-state index < -0.39 is 35.5 Å². The van der Waals surface area contributed by atoms with Crippen LogP contribution in [0.25, 0.3) is 0 Å². The van der Waals surface area contributed by atoms with Gasteiger partial charge in [0, 0.05) is 44.2 Å². The highest BCUT2D eigenvalue weighted by Gasteiger charge is 2.35. The quantitative estimate of drug-likeness (QED) is 0.438. The molecule has 204 valence electrons. The minimum absolute atomic E-state index is 0.0428. The highest BCUT2D eigenvalue weighted by Crippen LogP contribution is 2.32. The number of hydrogen-bond acceptors (Lipinski definition) is 10. The van der Waals surface area contributed by atoms with Crippen LogP contribution in [0, 0.1) is 23.4 Å². The number of nitrogens with zero attached hydrogens (tertiary/aromatic N) is 6. The summed E-state index contributed by atoms with van der Waals surface area (Å²) in [5.41, 5.74) is 6.25. The van der Waals surface area contributed by atoms with Gasteiger partial charge in [0.25, 0.3) is 0 Å². The van der Waals surface area contributed by atoms with Crippen molar-refractivity contribution >= 4 is 12.0 Å². The molecule has 3 N–H and O–H groups in total. The lowest BCUT2D eigenvalue weighted by atomic mass is 9.92. The molecule has 38 heavy (non-hydrogen) atoms. The molecule has 2 saturated heterocycles. The van der Waals surface area contributed by atoms with Crippen molar-refractivity contribution in [2.24, 2.45) is 11.7 Å². The highest BCUT2D eigenvalue weighted by atomic mass is 19.2. The molecule has 2 fully saturated rings. The van der Waals surface area contributed by atoms with Gasteiger partial charge >= 0.3 is 6.01 Å². The summed E-state index contributed by atoms with van der Waals surface area (Å²) in [6.45, 7) is 5.67. The van der Waals surface area contributed by atoms with Crippen molar-refractivity contribution < 1.29 is 27.5 Å². The smallest absolute Gasteiger partial charge is 0.324 e. The van der Waals surface area contributed by atoms with Crippen LogP contribution in [0.15, 0.2) is 29.0 Å². The molecule has 4 atom stereocenters. The zero-order valence-corrected chi connectivity index (χ0v) is 21.1. The lowest BCUT2D eigenvalue weighted by Crippen LogP contribution is -2.38. The van der Waals surface area contributed by atoms with E-state index in [0.29, 0.717) is 36.2 Å². The molecular weight excluding hydrogens is 503 g/mol. The average Bonchev–Trinajstić information content (AvgIpc) is 3.54. The first-order valence-electron chi connectivity index (χ1n) is 12.6. The average molecular weight is 534 g/mol. The number of ether oxygens (including phenoxy) is 1. The topological polar surface area (TPSA) is 127 Å². The maximum absolute atomic E-state index is 14.3. The van der Waals surface area contributed by atoms with E-state index in [9.17, 15) is 18.3 Å². The van der Waals surface area contributed by atoms with Gasteiger partial charge in [0.15, 0.2) is 17.4 Å². The predicted octanol–water partition coefficient (Wildman–Crippen LogP) is 2.95. The van der Waals surface area contributed by atoms with E-state index in [4.69, 9.17) is 15.0 Å². The van der Waals surface area contributed by atoms with Gasteiger partial charge in [0.1, 0.15) is 11.9 Å². The molecule has 2 aliphatic rings. The monoisotopic (exact) mass is 533 g/mol. The first-order valence-corrected chi connectivity index (χ1v) is 12.6. The second-order valence-electron chi connectivity index (χ2n) is 9.94. The summed E-state index contributed by atoms with van der Waals surface area (Å²) in [6, 6.07) is 1.34. The first kappa shape index (κ1) is 26.2. The summed E-state index contributed by atoms with van der Waals surface area (Å²) in [7, 11) is 0. The highest BCUT2D eigenvalue weighted by molar-refractivity contribution is 5.39. The van der Waals surface area contributed by atoms with Crippen LogP contribution in [0.5, 0.6) is 5.75 Å². The minimum Gasteiger partial charge on any atom is -0.487 e. The van der Waals surface area contributed by atoms with Crippen molar-refractivity contribution in [3.8, 4) is 5.75 Å². The van der Waals surface area contributed by atoms with Gasteiger partial charge in [-0.2, -0.15) is 4.98 Å². The molecule has 0 radical (unpaired) electrons. The molecule has 13 heteroatoms. The van der Waals surface area contributed by atoms with Gasteiger partial charge < -0.3 is 29.9 Å². The second-order valence-corrected chi connectivity index (χ2v) is 9.94. The summed E-state index contributed by atoms with van der Waals surface area (Å²) >= 11 is 0. The molecule has 0 saturated carbocycles. The number of aromatic nitrogens is 4. The molecule has 4 heterocycles. The number of halogens is 3. The van der Waals surface area contributed by atoms with Crippen molar-refractivity contribution in [3.05, 3.63) is 53.4 Å². The van der Waals surface area contributed by atoms with E-state index in [1.54, 1.807) is 24.2 Å². The zero-order valence-electron chi connectivity index (χ0n) is 21.1. The van der Waals surface area contributed by atoms with E-state index >= 15 is 0 Å². The fraction of sp³-hybridized carbons (Fsp3) is 0.520. The Labute approximate surface area is 217 Å². The number of anilines is 2. The van der Waals surface area contributed by atoms with E-state index in [1.807, 2.05) is 11.8 Å². The molecule has 0 spiro atoms. The fourth-order valence-electron chi connectivity index (χ4n) is 5.07. The van der Waals surface area contributed by atoms with E-state index in [0.717, 1.165) is 32.0 Å². The molecule has 2 aliphatic heterocycles. The standard InChI is InChI=1S/C25H30F3N7O3/c1-13(36)23-32-25(38-33-23)34-5-3-15(4-6-34)14(2)37-16-9-30-24(31-10-16)35-11-18(22(29)12-35)17-7-20(27)21(28)8-19(17)26/h7-10,13-15,18,22,36H,3-6,11-12,29H2,1-2H3. The number of aliphatic hydroxyl groups excluding tert-OH is 1. The van der Waals surface area contributed by atoms with Crippen LogP contribution < -0.4 is 20.3 Å². The SMILES string of the molecule is CC(O)c1noc(N2CCC(C(C)Oc3cnc(N4CC(N)C(c5cc(F)c(F)cc5F)C4)nc3)CC2)n1. The fourth-order valence-corrected chi connectivity index (χ4v) is 5.07. The number of hydrogen-bond donors (Lipinski definition) is 2. The van der Waals surface area contributed by atoms with Gasteiger partial charge in [0.05, 0.1) is 18.5 Å². The molecule has 0 bridgehead atoms. The Kier molecular flexibility index (Phi) is 7.39. The van der Waals surface area contributed by atoms with E-state index in [2.05, 4.69) is 20.1 Å². The Bertz CT molecular complexity index is 1250. The van der Waals surface area contributed by atoms with Crippen LogP contribution in [-0.4, -0.2) is 63.5 Å². The number of rotatable bonds is 7. The lowest BCUT2D eigenvalue weighted by molar-refractivity contribution is 0.131. The van der Waals surface area contributed by atoms with E-state index in [-0.39, 0.29) is 24.0 Å². The van der Waals surface area contributed by atoms with Gasteiger partial charge in [-0.05, 0) is 44.2 Å². The second kappa shape index (κ2) is 10.7. The van der Waals surface area contributed by atoms with Gasteiger partial charge in [-0.3, -0.25) is 0 Å². The molecule has 5 rings (SSSR count). The van der Waals surface area contributed by atoms with Gasteiger partial charge in [-0.1, -0.05) is 5.16 Å². The number of nitrogens with two attached hydrogens (primary N) is 1. The summed E-state index contributed by atoms with van der Waals surface area (Å²) < 4.78 is 52.7. The third-order valence-electron chi connectivity index (χ3n) is 7.30. The molecule has 1 aromatic carbocycles. The van der Waals surface area contributed by atoms with Crippen LogP contribution >= 0.6 is 0 Å². The summed E-state index contributed by atoms with van der Waals surface area (Å²) in [4.78, 5) is 16.8. The summed E-state index contributed by atoms with van der Waals surface area (Å²) in [5, 5.41) is 13.4. The van der Waals surface area contributed by atoms with Crippen LogP contribution in [0.4, 0.5) is 25.1 Å². The number of piperidine rings is 1. The van der Waals surface area contributed by atoms with E-state index in [1.165, 1.54) is 0 Å². The van der Waals surface area contributed by atoms with Crippen LogP contribution in [-0.2, 0) is 0 Å². The number of benzene rings is 1. The van der Waals surface area contributed by atoms with Gasteiger partial charge in [-0.25, -0.2) is 23.1 Å².